The van der Waals surface area contributed by atoms with Crippen molar-refractivity contribution in [2.75, 3.05) is 0 Å². The Kier molecular flexibility index (Phi) is 3.12. The molecule has 4 heteroatoms. The fourth-order valence-corrected chi connectivity index (χ4v) is 1.28. The Bertz CT molecular complexity index is 458. The summed E-state index contributed by atoms with van der Waals surface area (Å²) in [6, 6.07) is 9.23. The van der Waals surface area contributed by atoms with Crippen LogP contribution in [0.15, 0.2) is 42.7 Å². The lowest BCUT2D eigenvalue weighted by Gasteiger charge is -2.07. The third kappa shape index (κ3) is 2.55. The van der Waals surface area contributed by atoms with E-state index < -0.39 is 6.10 Å². The summed E-state index contributed by atoms with van der Waals surface area (Å²) in [6.45, 7) is 1.71. The number of aliphatic hydroxyl groups excluding tert-OH is 1. The van der Waals surface area contributed by atoms with E-state index in [-0.39, 0.29) is 0 Å². The first-order valence-corrected chi connectivity index (χ1v) is 4.98. The molecule has 0 unspecified atom stereocenters. The number of aromatic nitrogens is 2. The first kappa shape index (κ1) is 10.6. The molecule has 0 saturated carbocycles. The molecule has 4 nitrogen and oxygen atoms in total. The smallest absolute Gasteiger partial charge is 0.321 e. The van der Waals surface area contributed by atoms with Gasteiger partial charge in [0.05, 0.1) is 6.10 Å². The van der Waals surface area contributed by atoms with E-state index in [0.717, 1.165) is 5.56 Å². The molecule has 2 aromatic rings. The summed E-state index contributed by atoms with van der Waals surface area (Å²) >= 11 is 0. The Morgan fingerprint density at radius 2 is 1.94 bits per heavy atom. The average Bonchev–Trinajstić information content (AvgIpc) is 2.30. The van der Waals surface area contributed by atoms with Crippen LogP contribution in [0.3, 0.4) is 0 Å². The Hall–Kier alpha value is -1.94. The summed E-state index contributed by atoms with van der Waals surface area (Å²) in [5, 5.41) is 9.43. The fraction of sp³-hybridized carbons (Fsp3) is 0.167. The Balaban J connectivity index is 2.19. The van der Waals surface area contributed by atoms with Crippen molar-refractivity contribution in [1.82, 2.24) is 9.97 Å². The second kappa shape index (κ2) is 4.72. The van der Waals surface area contributed by atoms with Gasteiger partial charge in [-0.05, 0) is 30.7 Å². The lowest BCUT2D eigenvalue weighted by atomic mass is 10.1. The number of hydrogen-bond donors (Lipinski definition) is 1. The van der Waals surface area contributed by atoms with E-state index in [9.17, 15) is 5.11 Å². The molecular formula is C12H12N2O2. The third-order valence-corrected chi connectivity index (χ3v) is 2.09. The molecule has 2 rings (SSSR count). The molecule has 0 radical (unpaired) electrons. The first-order chi connectivity index (χ1) is 7.75. The molecule has 1 aromatic carbocycles. The van der Waals surface area contributed by atoms with E-state index in [0.29, 0.717) is 11.8 Å². The van der Waals surface area contributed by atoms with E-state index in [4.69, 9.17) is 4.74 Å². The van der Waals surface area contributed by atoms with Gasteiger partial charge in [-0.3, -0.25) is 0 Å². The Morgan fingerprint density at radius 3 is 2.62 bits per heavy atom. The summed E-state index contributed by atoms with van der Waals surface area (Å²) < 4.78 is 5.44. The highest BCUT2D eigenvalue weighted by atomic mass is 16.5. The zero-order valence-electron chi connectivity index (χ0n) is 8.87. The molecule has 82 valence electrons. The minimum absolute atomic E-state index is 0.297. The van der Waals surface area contributed by atoms with E-state index in [1.807, 2.05) is 12.1 Å². The van der Waals surface area contributed by atoms with Crippen molar-refractivity contribution in [1.29, 1.82) is 0 Å². The predicted octanol–water partition coefficient (Wildman–Crippen LogP) is 2.32. The van der Waals surface area contributed by atoms with Crippen LogP contribution in [0.25, 0.3) is 0 Å². The van der Waals surface area contributed by atoms with Gasteiger partial charge in [-0.25, -0.2) is 9.97 Å². The highest BCUT2D eigenvalue weighted by molar-refractivity contribution is 5.31. The molecule has 1 N–H and O–H groups in total. The Morgan fingerprint density at radius 1 is 1.19 bits per heavy atom. The van der Waals surface area contributed by atoms with Crippen LogP contribution in [0, 0.1) is 0 Å². The highest BCUT2D eigenvalue weighted by Crippen LogP contribution is 2.21. The van der Waals surface area contributed by atoms with Crippen molar-refractivity contribution < 1.29 is 9.84 Å². The van der Waals surface area contributed by atoms with Gasteiger partial charge < -0.3 is 9.84 Å². The number of nitrogens with zero attached hydrogens (tertiary/aromatic N) is 2. The number of benzene rings is 1. The van der Waals surface area contributed by atoms with Gasteiger partial charge in [0.15, 0.2) is 0 Å². The maximum absolute atomic E-state index is 9.43. The molecular weight excluding hydrogens is 204 g/mol. The van der Waals surface area contributed by atoms with Crippen LogP contribution >= 0.6 is 0 Å². The van der Waals surface area contributed by atoms with Crippen LogP contribution < -0.4 is 4.74 Å². The normalized spacial score (nSPS) is 12.1. The average molecular weight is 216 g/mol. The number of aliphatic hydroxyl groups is 1. The fourth-order valence-electron chi connectivity index (χ4n) is 1.28. The minimum Gasteiger partial charge on any atom is -0.424 e. The summed E-state index contributed by atoms with van der Waals surface area (Å²) in [7, 11) is 0. The number of rotatable bonds is 3. The SMILES string of the molecule is C[C@@H](O)c1cccc(Oc2ncccn2)c1. The highest BCUT2D eigenvalue weighted by Gasteiger charge is 2.03. The maximum Gasteiger partial charge on any atom is 0.321 e. The summed E-state index contributed by atoms with van der Waals surface area (Å²) in [5.74, 6) is 0.615. The van der Waals surface area contributed by atoms with Gasteiger partial charge in [0, 0.05) is 12.4 Å². The summed E-state index contributed by atoms with van der Waals surface area (Å²) in [6.07, 6.45) is 2.71. The largest absolute Gasteiger partial charge is 0.424 e. The molecule has 1 heterocycles. The van der Waals surface area contributed by atoms with Crippen LogP contribution in [0.1, 0.15) is 18.6 Å². The second-order valence-electron chi connectivity index (χ2n) is 3.38. The predicted molar refractivity (Wildman–Crippen MR) is 59.2 cm³/mol. The zero-order chi connectivity index (χ0) is 11.4. The molecule has 0 bridgehead atoms. The van der Waals surface area contributed by atoms with E-state index >= 15 is 0 Å². The van der Waals surface area contributed by atoms with Crippen LogP contribution in [-0.4, -0.2) is 15.1 Å². The van der Waals surface area contributed by atoms with Crippen molar-refractivity contribution in [2.45, 2.75) is 13.0 Å². The molecule has 0 saturated heterocycles. The molecule has 0 spiro atoms. The molecule has 0 amide bonds. The lowest BCUT2D eigenvalue weighted by molar-refractivity contribution is 0.199. The quantitative estimate of drug-likeness (QED) is 0.855. The van der Waals surface area contributed by atoms with Gasteiger partial charge in [-0.15, -0.1) is 0 Å². The van der Waals surface area contributed by atoms with Gasteiger partial charge in [-0.2, -0.15) is 0 Å². The summed E-state index contributed by atoms with van der Waals surface area (Å²) in [4.78, 5) is 7.91. The van der Waals surface area contributed by atoms with Crippen molar-refractivity contribution in [2.24, 2.45) is 0 Å². The molecule has 0 fully saturated rings. The molecule has 0 aliphatic rings. The van der Waals surface area contributed by atoms with E-state index in [1.54, 1.807) is 37.5 Å². The molecule has 1 atom stereocenters. The maximum atomic E-state index is 9.43. The topological polar surface area (TPSA) is 55.2 Å². The van der Waals surface area contributed by atoms with Crippen molar-refractivity contribution in [3.8, 4) is 11.8 Å². The van der Waals surface area contributed by atoms with Crippen LogP contribution in [0.5, 0.6) is 11.8 Å². The zero-order valence-corrected chi connectivity index (χ0v) is 8.87. The van der Waals surface area contributed by atoms with Gasteiger partial charge in [0.25, 0.3) is 0 Å². The van der Waals surface area contributed by atoms with Gasteiger partial charge in [0.1, 0.15) is 5.75 Å². The van der Waals surface area contributed by atoms with Crippen LogP contribution in [0.2, 0.25) is 0 Å². The van der Waals surface area contributed by atoms with Gasteiger partial charge in [0.2, 0.25) is 0 Å². The number of hydrogen-bond acceptors (Lipinski definition) is 4. The van der Waals surface area contributed by atoms with Gasteiger partial charge in [-0.1, -0.05) is 12.1 Å². The third-order valence-electron chi connectivity index (χ3n) is 2.09. The van der Waals surface area contributed by atoms with E-state index in [2.05, 4.69) is 9.97 Å². The van der Waals surface area contributed by atoms with Crippen LogP contribution in [0.4, 0.5) is 0 Å². The molecule has 16 heavy (non-hydrogen) atoms. The van der Waals surface area contributed by atoms with Crippen LogP contribution in [-0.2, 0) is 0 Å². The van der Waals surface area contributed by atoms with E-state index in [1.165, 1.54) is 0 Å². The molecule has 1 aromatic heterocycles. The first-order valence-electron chi connectivity index (χ1n) is 4.98. The minimum atomic E-state index is -0.514. The van der Waals surface area contributed by atoms with Crippen molar-refractivity contribution >= 4 is 0 Å². The number of ether oxygens (including phenoxy) is 1. The molecule has 0 aliphatic heterocycles. The summed E-state index contributed by atoms with van der Waals surface area (Å²) in [5.41, 5.74) is 0.799. The van der Waals surface area contributed by atoms with Crippen molar-refractivity contribution in [3.63, 3.8) is 0 Å². The standard InChI is InChI=1S/C12H12N2O2/c1-9(15)10-4-2-5-11(8-10)16-12-13-6-3-7-14-12/h2-9,15H,1H3/t9-/m1/s1. The second-order valence-corrected chi connectivity index (χ2v) is 3.38. The van der Waals surface area contributed by atoms with Gasteiger partial charge >= 0.3 is 6.01 Å². The monoisotopic (exact) mass is 216 g/mol. The van der Waals surface area contributed by atoms with Crippen molar-refractivity contribution in [3.05, 3.63) is 48.3 Å². The molecule has 0 aliphatic carbocycles. The lowest BCUT2D eigenvalue weighted by Crippen LogP contribution is -1.93. The Labute approximate surface area is 93.6 Å².